The molecule has 0 amide bonds. The summed E-state index contributed by atoms with van der Waals surface area (Å²) in [5.74, 6) is 3.32. The number of fused-ring (bicyclic) bond motifs is 7. The number of nitrogens with zero attached hydrogens (tertiary/aromatic N) is 2. The Balaban J connectivity index is 0.000000162. The van der Waals surface area contributed by atoms with Gasteiger partial charge in [-0.05, 0) is 343 Å². The fourth-order valence-electron chi connectivity index (χ4n) is 26.8. The van der Waals surface area contributed by atoms with Crippen LogP contribution < -0.4 is 9.80 Å². The van der Waals surface area contributed by atoms with E-state index < -0.39 is 0 Å². The standard InChI is InChI=1S/C58H67N.C57H67N/c1-5-8-10-12-30-58(31-13-11-9-6-2)54-34-48(57-38-43-32-44(39-57)37-56(36-43,40-57)47-21-16-42(7-3)17-22-47)23-28-52(54)53-29-27-51(35-55(53)58)59(49-24-14-41(4)15-25-49)50-26-20-45-18-19-46(45)33-50;1-6-9-11-13-31-57(32-14-12-10-7-2)53-34-47(56-38-44-33-45(39-56)37-55(36-44,40-56)46-21-19-43(8-3)20-22-46)23-29-51(53)52-30-28-50(35-54(52)57)58(48-24-15-41(4)16-25-48)49-26-17-42(5)18-27-49/h7,14-17,20-29,33-35,43-44H,3,5-6,8-13,18-19,30-32,36-40H2,1-2,4H3;8,15-30,34-35,44-45H,3,6-7,9-14,31-33,36-40H2,1-2,4-5H3. The van der Waals surface area contributed by atoms with Crippen molar-refractivity contribution in [2.45, 2.75) is 299 Å². The molecule has 10 aromatic carbocycles. The monoisotopic (exact) mass is 1540 g/mol. The molecule has 0 N–H and O–H groups in total. The largest absolute Gasteiger partial charge is 0.310 e. The van der Waals surface area contributed by atoms with Crippen LogP contribution in [0.3, 0.4) is 0 Å². The highest BCUT2D eigenvalue weighted by molar-refractivity contribution is 5.88. The van der Waals surface area contributed by atoms with Gasteiger partial charge in [-0.25, -0.2) is 0 Å². The van der Waals surface area contributed by atoms with Gasteiger partial charge >= 0.3 is 0 Å². The Kier molecular flexibility index (Phi) is 22.5. The summed E-state index contributed by atoms with van der Waals surface area (Å²) >= 11 is 0. The predicted octanol–water partition coefficient (Wildman–Crippen LogP) is 32.6. The third-order valence-electron chi connectivity index (χ3n) is 31.9. The summed E-state index contributed by atoms with van der Waals surface area (Å²) < 4.78 is 0. The quantitative estimate of drug-likeness (QED) is 0.0388. The lowest BCUT2D eigenvalue weighted by atomic mass is 9.41. The Morgan fingerprint density at radius 3 is 0.889 bits per heavy atom. The molecule has 0 saturated heterocycles. The van der Waals surface area contributed by atoms with Crippen molar-refractivity contribution >= 4 is 46.3 Å². The average Bonchev–Trinajstić information content (AvgIpc) is 1.66. The van der Waals surface area contributed by atoms with Gasteiger partial charge in [-0.3, -0.25) is 0 Å². The van der Waals surface area contributed by atoms with E-state index in [1.807, 2.05) is 12.2 Å². The minimum atomic E-state index is 0.0187. The zero-order valence-electron chi connectivity index (χ0n) is 72.5. The van der Waals surface area contributed by atoms with E-state index in [-0.39, 0.29) is 21.7 Å². The first-order chi connectivity index (χ1) is 57.1. The van der Waals surface area contributed by atoms with E-state index in [1.165, 1.54) is 314 Å². The van der Waals surface area contributed by atoms with Crippen LogP contribution in [0.1, 0.15) is 317 Å². The highest BCUT2D eigenvalue weighted by Gasteiger charge is 2.61. The molecule has 0 aliphatic heterocycles. The van der Waals surface area contributed by atoms with Gasteiger partial charge < -0.3 is 9.80 Å². The van der Waals surface area contributed by atoms with Crippen LogP contribution in [0.25, 0.3) is 34.4 Å². The van der Waals surface area contributed by atoms with Gasteiger partial charge in [-0.15, -0.1) is 0 Å². The Hall–Kier alpha value is -8.72. The molecule has 8 bridgehead atoms. The normalized spacial score (nSPS) is 23.7. The number of aryl methyl sites for hydroxylation is 5. The number of unbranched alkanes of at least 4 members (excludes halogenated alkanes) is 12. The smallest absolute Gasteiger partial charge is 0.0465 e. The number of hydrogen-bond donors (Lipinski definition) is 0. The van der Waals surface area contributed by atoms with Crippen molar-refractivity contribution in [3.05, 3.63) is 309 Å². The lowest BCUT2D eigenvalue weighted by Crippen LogP contribution is -2.56. The molecule has 2 heteroatoms. The van der Waals surface area contributed by atoms with Gasteiger partial charge in [0.1, 0.15) is 0 Å². The van der Waals surface area contributed by atoms with Crippen molar-refractivity contribution in [1.82, 2.24) is 0 Å². The molecular formula is C115H134N2. The van der Waals surface area contributed by atoms with Crippen LogP contribution in [-0.4, -0.2) is 0 Å². The summed E-state index contributed by atoms with van der Waals surface area (Å²) in [4.78, 5) is 5.06. The minimum Gasteiger partial charge on any atom is -0.310 e. The van der Waals surface area contributed by atoms with Crippen LogP contribution in [0.15, 0.2) is 225 Å². The van der Waals surface area contributed by atoms with E-state index >= 15 is 0 Å². The molecule has 117 heavy (non-hydrogen) atoms. The van der Waals surface area contributed by atoms with Gasteiger partial charge in [0.05, 0.1) is 0 Å². The van der Waals surface area contributed by atoms with Crippen molar-refractivity contribution in [3.63, 3.8) is 0 Å². The summed E-state index contributed by atoms with van der Waals surface area (Å²) in [6.45, 7) is 24.1. The third kappa shape index (κ3) is 14.8. The van der Waals surface area contributed by atoms with Crippen LogP contribution in [0.5, 0.6) is 0 Å². The molecular weight excluding hydrogens is 1410 g/mol. The van der Waals surface area contributed by atoms with E-state index in [0.717, 1.165) is 23.7 Å². The van der Waals surface area contributed by atoms with E-state index in [1.54, 1.807) is 44.5 Å². The molecule has 11 aliphatic carbocycles. The Labute approximate surface area is 705 Å². The number of benzene rings is 10. The molecule has 0 aromatic heterocycles. The van der Waals surface area contributed by atoms with Gasteiger partial charge in [0, 0.05) is 45.0 Å². The third-order valence-corrected chi connectivity index (χ3v) is 31.9. The number of rotatable bonds is 32. The van der Waals surface area contributed by atoms with Gasteiger partial charge in [0.15, 0.2) is 0 Å². The molecule has 8 saturated carbocycles. The number of hydrogen-bond acceptors (Lipinski definition) is 2. The van der Waals surface area contributed by atoms with Crippen molar-refractivity contribution in [1.29, 1.82) is 0 Å². The summed E-state index contributed by atoms with van der Waals surface area (Å²) in [7, 11) is 0. The van der Waals surface area contributed by atoms with Crippen LogP contribution in [-0.2, 0) is 45.3 Å². The molecule has 0 heterocycles. The Morgan fingerprint density at radius 1 is 0.291 bits per heavy atom. The molecule has 4 unspecified atom stereocenters. The molecule has 21 rings (SSSR count). The van der Waals surface area contributed by atoms with Gasteiger partial charge in [0.25, 0.3) is 0 Å². The molecule has 11 aliphatic rings. The lowest BCUT2D eigenvalue weighted by molar-refractivity contribution is -0.0283. The van der Waals surface area contributed by atoms with Crippen molar-refractivity contribution in [2.24, 2.45) is 23.7 Å². The lowest BCUT2D eigenvalue weighted by Gasteiger charge is -2.63. The van der Waals surface area contributed by atoms with Crippen LogP contribution in [0.4, 0.5) is 34.1 Å². The Bertz CT molecular complexity index is 5100. The topological polar surface area (TPSA) is 6.48 Å². The van der Waals surface area contributed by atoms with Crippen molar-refractivity contribution in [2.75, 3.05) is 9.80 Å². The van der Waals surface area contributed by atoms with Crippen molar-refractivity contribution < 1.29 is 0 Å². The molecule has 8 fully saturated rings. The van der Waals surface area contributed by atoms with Crippen LogP contribution in [0.2, 0.25) is 0 Å². The maximum atomic E-state index is 4.06. The van der Waals surface area contributed by atoms with Crippen LogP contribution >= 0.6 is 0 Å². The highest BCUT2D eigenvalue weighted by Crippen LogP contribution is 2.70. The first-order valence-electron chi connectivity index (χ1n) is 47.1. The fraction of sp³-hybridized carbons (Fsp3) is 0.443. The second kappa shape index (κ2) is 33.1. The van der Waals surface area contributed by atoms with E-state index in [0.29, 0.717) is 10.8 Å². The summed E-state index contributed by atoms with van der Waals surface area (Å²) in [5.41, 5.74) is 37.1. The zero-order chi connectivity index (χ0) is 80.1. The van der Waals surface area contributed by atoms with Crippen LogP contribution in [0, 0.1) is 44.4 Å². The first kappa shape index (κ1) is 79.4. The minimum absolute atomic E-state index is 0.0187. The zero-order valence-corrected chi connectivity index (χ0v) is 72.5. The van der Waals surface area contributed by atoms with Crippen molar-refractivity contribution in [3.8, 4) is 22.3 Å². The fourth-order valence-corrected chi connectivity index (χ4v) is 26.8. The SMILES string of the molecule is C=Cc1ccc(C23CC4CC(C2)CC(c2ccc5c(c2)C(CCCCCC)(CCCCCC)c2cc(N(c6ccc(C)cc6)c6ccc(C)cc6)ccc2-5)(C4)C3)cc1.C=Cc1ccc(C23CC4CC(C2)CC(c2ccc5c(c2)C(CCCCCC)(CCCCCC)c2cc(N(c6ccc(C)cc6)c6ccc7c(c6)CC7)ccc2-5)(C4)C3)cc1. The summed E-state index contributed by atoms with van der Waals surface area (Å²) in [6.07, 6.45) is 48.6. The molecule has 10 aromatic rings. The Morgan fingerprint density at radius 2 is 0.573 bits per heavy atom. The molecule has 0 radical (unpaired) electrons. The summed E-state index contributed by atoms with van der Waals surface area (Å²) in [6, 6.07) is 85.2. The molecule has 0 spiro atoms. The predicted molar refractivity (Wildman–Crippen MR) is 500 cm³/mol. The second-order valence-corrected chi connectivity index (χ2v) is 39.7. The van der Waals surface area contributed by atoms with E-state index in [9.17, 15) is 0 Å². The number of anilines is 6. The van der Waals surface area contributed by atoms with Gasteiger partial charge in [-0.2, -0.15) is 0 Å². The van der Waals surface area contributed by atoms with Gasteiger partial charge in [-0.1, -0.05) is 312 Å². The molecule has 604 valence electrons. The maximum absolute atomic E-state index is 4.06. The maximum Gasteiger partial charge on any atom is 0.0465 e. The molecule has 4 atom stereocenters. The van der Waals surface area contributed by atoms with Gasteiger partial charge in [0.2, 0.25) is 0 Å². The highest BCUT2D eigenvalue weighted by atomic mass is 15.1. The first-order valence-corrected chi connectivity index (χ1v) is 47.1. The summed E-state index contributed by atoms with van der Waals surface area (Å²) in [5, 5.41) is 0. The molecule has 2 nitrogen and oxygen atoms in total. The van der Waals surface area contributed by atoms with E-state index in [4.69, 9.17) is 0 Å². The average molecular weight is 1540 g/mol. The van der Waals surface area contributed by atoms with E-state index in [2.05, 4.69) is 284 Å². The second-order valence-electron chi connectivity index (χ2n) is 39.7.